The quantitative estimate of drug-likeness (QED) is 0.283. The first-order valence-electron chi connectivity index (χ1n) is 0.698. The van der Waals surface area contributed by atoms with Crippen molar-refractivity contribution in [2.45, 2.75) is 0 Å². The molecule has 0 unspecified atom stereocenters. The van der Waals surface area contributed by atoms with Gasteiger partial charge in [-0.2, -0.15) is 8.42 Å². The van der Waals surface area contributed by atoms with E-state index in [1.165, 1.54) is 0 Å². The minimum atomic E-state index is -4.67. The van der Waals surface area contributed by atoms with Gasteiger partial charge in [-0.3, -0.25) is 9.11 Å². The van der Waals surface area contributed by atoms with E-state index in [9.17, 15) is 0 Å². The molecule has 100 valence electrons. The molecule has 0 atom stereocenters. The van der Waals surface area contributed by atoms with Gasteiger partial charge >= 0.3 is 33.5 Å². The molecule has 14 heteroatoms. The molecule has 14 heavy (non-hydrogen) atoms. The second-order valence-corrected chi connectivity index (χ2v) is 1.34. The molecule has 0 saturated heterocycles. The van der Waals surface area contributed by atoms with Gasteiger partial charge in [0.1, 0.15) is 0 Å². The molecule has 0 aliphatic rings. The summed E-state index contributed by atoms with van der Waals surface area (Å²) < 4.78 is 31.6. The maximum atomic E-state index is 8.74. The maximum absolute atomic E-state index is 8.74. The van der Waals surface area contributed by atoms with Crippen LogP contribution in [0.4, 0.5) is 0 Å². The van der Waals surface area contributed by atoms with Crippen molar-refractivity contribution in [3.63, 3.8) is 0 Å². The van der Waals surface area contributed by atoms with Gasteiger partial charge in [0.05, 0.1) is 0 Å². The van der Waals surface area contributed by atoms with Gasteiger partial charge in [0.15, 0.2) is 0 Å². The highest BCUT2D eigenvalue weighted by atomic mass is 32.3. The molecule has 0 aliphatic heterocycles. The van der Waals surface area contributed by atoms with Crippen LogP contribution in [0.2, 0.25) is 0 Å². The summed E-state index contributed by atoms with van der Waals surface area (Å²) in [6.07, 6.45) is 0. The Morgan fingerprint density at radius 1 is 0.643 bits per heavy atom. The molecule has 12 nitrogen and oxygen atoms in total. The highest BCUT2D eigenvalue weighted by Gasteiger charge is 1.84. The Morgan fingerprint density at radius 3 is 0.643 bits per heavy atom. The summed E-state index contributed by atoms with van der Waals surface area (Å²) in [5.74, 6) is 0. The summed E-state index contributed by atoms with van der Waals surface area (Å²) >= 11 is 0. The van der Waals surface area contributed by atoms with Gasteiger partial charge in [-0.25, -0.2) is 0 Å². The largest absolute Gasteiger partial charge is 0.412 e. The van der Waals surface area contributed by atoms with E-state index in [2.05, 4.69) is 0 Å². The second-order valence-electron chi connectivity index (χ2n) is 0.448. The van der Waals surface area contributed by atoms with Gasteiger partial charge in [-0.05, 0) is 0 Å². The highest BCUT2D eigenvalue weighted by molar-refractivity contribution is 7.79. The van der Waals surface area contributed by atoms with Crippen LogP contribution in [0.1, 0.15) is 0 Å². The van der Waals surface area contributed by atoms with Gasteiger partial charge in [0, 0.05) is 0 Å². The van der Waals surface area contributed by atoms with Crippen LogP contribution in [0.15, 0.2) is 0 Å². The van der Waals surface area contributed by atoms with E-state index in [-0.39, 0.29) is 67.5 Å². The topological polar surface area (TPSA) is 330 Å². The van der Waals surface area contributed by atoms with Gasteiger partial charge in [0.25, 0.3) is 0 Å². The van der Waals surface area contributed by atoms with Crippen LogP contribution in [-0.2, 0) is 10.4 Å². The lowest BCUT2D eigenvalue weighted by Crippen LogP contribution is -1.89. The van der Waals surface area contributed by atoms with Crippen molar-refractivity contribution in [1.29, 1.82) is 0 Å². The molecule has 0 rings (SSSR count). The molecule has 0 aromatic carbocycles. The van der Waals surface area contributed by atoms with E-state index in [1.807, 2.05) is 0 Å². The molecule has 0 aromatic rings. The zero-order valence-electron chi connectivity index (χ0n) is 6.33. The van der Waals surface area contributed by atoms with Crippen LogP contribution < -0.4 is 6.15 Å². The Labute approximate surface area is 95.8 Å². The summed E-state index contributed by atoms with van der Waals surface area (Å²) in [4.78, 5) is 0. The highest BCUT2D eigenvalue weighted by Crippen LogP contribution is 1.59. The average molecular weight is 268 g/mol. The normalized spacial score (nSPS) is 4.14. The minimum absolute atomic E-state index is 0. The van der Waals surface area contributed by atoms with Crippen molar-refractivity contribution in [2.75, 3.05) is 0 Å². The Bertz CT molecular complexity index is 98.5. The van der Waals surface area contributed by atoms with Crippen LogP contribution in [0.3, 0.4) is 0 Å². The van der Waals surface area contributed by atoms with Crippen LogP contribution in [0.25, 0.3) is 0 Å². The fraction of sp³-hybridized carbons (Fsp3) is 0. The Hall–Kier alpha value is 0.316. The predicted octanol–water partition coefficient (Wildman–Crippen LogP) is -7.18. The van der Waals surface area contributed by atoms with Gasteiger partial charge in [-0.1, -0.05) is 0 Å². The van der Waals surface area contributed by atoms with Crippen LogP contribution in [0.5, 0.6) is 0 Å². The number of rotatable bonds is 0. The van der Waals surface area contributed by atoms with Crippen molar-refractivity contribution in [3.8, 4) is 0 Å². The zero-order valence-corrected chi connectivity index (χ0v) is 7.14. The third kappa shape index (κ3) is 15800. The first-order valence-corrected chi connectivity index (χ1v) is 2.10. The molecule has 0 aromatic heterocycles. The van der Waals surface area contributed by atoms with Gasteiger partial charge in [-0.15, -0.1) is 0 Å². The summed E-state index contributed by atoms with van der Waals surface area (Å²) in [7, 11) is -4.67. The molecule has 19 N–H and O–H groups in total. The van der Waals surface area contributed by atoms with E-state index >= 15 is 0 Å². The fourth-order valence-electron chi connectivity index (χ4n) is 0. The third-order valence-corrected chi connectivity index (χ3v) is 0. The smallest absolute Gasteiger partial charge is 0.394 e. The van der Waals surface area contributed by atoms with Crippen LogP contribution in [0, 0.1) is 0 Å². The maximum Gasteiger partial charge on any atom is 0.394 e. The zero-order chi connectivity index (χ0) is 4.50. The molecule has 0 fully saturated rings. The predicted molar refractivity (Wildman–Crippen MR) is 53.0 cm³/mol. The monoisotopic (exact) mass is 267 g/mol. The van der Waals surface area contributed by atoms with Crippen LogP contribution >= 0.6 is 0 Å². The average Bonchev–Trinajstić information content (AvgIpc) is 0.722. The Balaban J connectivity index is -0.00000000222. The summed E-state index contributed by atoms with van der Waals surface area (Å²) in [6, 6.07) is 0. The van der Waals surface area contributed by atoms with Gasteiger partial charge in [0.2, 0.25) is 0 Å². The van der Waals surface area contributed by atoms with Crippen molar-refractivity contribution in [1.82, 2.24) is 6.15 Å². The lowest BCUT2D eigenvalue weighted by atomic mass is 14.0. The van der Waals surface area contributed by atoms with E-state index in [0.717, 1.165) is 0 Å². The second kappa shape index (κ2) is 50.6. The number of hydrogen-bond donors (Lipinski definition) is 3. The molecule has 0 heterocycles. The van der Waals surface area contributed by atoms with Crippen molar-refractivity contribution in [2.24, 2.45) is 0 Å². The lowest BCUT2D eigenvalue weighted by molar-refractivity contribution is 0.381. The first-order chi connectivity index (χ1) is 2.00. The first kappa shape index (κ1) is 136. The van der Waals surface area contributed by atoms with E-state index < -0.39 is 10.4 Å². The molecule has 0 radical (unpaired) electrons. The third-order valence-electron chi connectivity index (χ3n) is 0. The molecule has 0 aliphatic carbocycles. The number of hydrogen-bond acceptors (Lipinski definition) is 3. The standard InChI is InChI=1S/Mg.H3N.H2O4S.7H2O.2H/c;;1-5(2,3)4;;;;;;;;;/h;1H3;(H2,1,2,3,4);7*1H2;;. The molecule has 0 bridgehead atoms. The summed E-state index contributed by atoms with van der Waals surface area (Å²) in [5.41, 5.74) is 0. The Kier molecular flexibility index (Phi) is 493. The van der Waals surface area contributed by atoms with E-state index in [0.29, 0.717) is 0 Å². The van der Waals surface area contributed by atoms with Crippen molar-refractivity contribution in [3.05, 3.63) is 0 Å². The Morgan fingerprint density at radius 2 is 0.643 bits per heavy atom. The van der Waals surface area contributed by atoms with E-state index in [4.69, 9.17) is 17.5 Å². The minimum Gasteiger partial charge on any atom is -0.412 e. The van der Waals surface area contributed by atoms with Crippen LogP contribution in [-0.4, -0.2) is 78.9 Å². The van der Waals surface area contributed by atoms with E-state index in [1.54, 1.807) is 0 Å². The molecule has 0 saturated carbocycles. The van der Waals surface area contributed by atoms with Gasteiger partial charge < -0.3 is 44.5 Å². The lowest BCUT2D eigenvalue weighted by Gasteiger charge is -1.68. The molecular formula is H21MgNO11S. The fourth-order valence-corrected chi connectivity index (χ4v) is 0. The van der Waals surface area contributed by atoms with Crippen molar-refractivity contribution >= 4 is 33.5 Å². The molecule has 0 spiro atoms. The SMILES string of the molecule is N.O.O.O.O.O.O.O.O=S(=O)(O)O.[MgH2]. The molecule has 0 amide bonds. The molecular weight excluding hydrogens is 246 g/mol. The summed E-state index contributed by atoms with van der Waals surface area (Å²) in [5, 5.41) is 0. The van der Waals surface area contributed by atoms with Crippen molar-refractivity contribution < 1.29 is 55.9 Å². The summed E-state index contributed by atoms with van der Waals surface area (Å²) in [6.45, 7) is 0.